The van der Waals surface area contributed by atoms with Crippen LogP contribution in [0.5, 0.6) is 5.75 Å². The zero-order chi connectivity index (χ0) is 19.8. The van der Waals surface area contributed by atoms with Crippen molar-refractivity contribution in [2.75, 3.05) is 6.61 Å². The predicted octanol–water partition coefficient (Wildman–Crippen LogP) is 6.39. The Morgan fingerprint density at radius 3 is 2.33 bits per heavy atom. The smallest absolute Gasteiger partial charge is 0.240 e. The Kier molecular flexibility index (Phi) is 8.71. The molecule has 2 aromatic carbocycles. The summed E-state index contributed by atoms with van der Waals surface area (Å²) < 4.78 is 5.55. The summed E-state index contributed by atoms with van der Waals surface area (Å²) in [7, 11) is 0. The van der Waals surface area contributed by atoms with Gasteiger partial charge in [0, 0.05) is 22.0 Å². The minimum absolute atomic E-state index is 0.211. The molecule has 2 aromatic rings. The van der Waals surface area contributed by atoms with Crippen molar-refractivity contribution in [3.05, 3.63) is 62.1 Å². The van der Waals surface area contributed by atoms with Gasteiger partial charge in [-0.25, -0.2) is 5.43 Å². The summed E-state index contributed by atoms with van der Waals surface area (Å²) in [5, 5.41) is 6.19. The normalized spacial score (nSPS) is 11.4. The number of halogens is 4. The lowest BCUT2D eigenvalue weighted by Crippen LogP contribution is -2.20. The number of benzene rings is 2. The number of hydrogen-bond donors (Lipinski definition) is 1. The van der Waals surface area contributed by atoms with Gasteiger partial charge >= 0.3 is 0 Å². The number of rotatable bonds is 8. The van der Waals surface area contributed by atoms with E-state index in [1.807, 2.05) is 6.92 Å². The van der Waals surface area contributed by atoms with Crippen LogP contribution in [0.2, 0.25) is 20.1 Å². The van der Waals surface area contributed by atoms with Crippen LogP contribution in [-0.2, 0) is 4.79 Å². The first kappa shape index (κ1) is 21.8. The van der Waals surface area contributed by atoms with Crippen LogP contribution in [0.4, 0.5) is 0 Å². The lowest BCUT2D eigenvalue weighted by molar-refractivity contribution is -0.121. The maximum absolute atomic E-state index is 12.0. The lowest BCUT2D eigenvalue weighted by Gasteiger charge is -2.09. The summed E-state index contributed by atoms with van der Waals surface area (Å²) in [5.74, 6) is 0.321. The van der Waals surface area contributed by atoms with Gasteiger partial charge in [0.05, 0.1) is 22.4 Å². The van der Waals surface area contributed by atoms with Gasteiger partial charge in [-0.05, 0) is 43.2 Å². The molecule has 144 valence electrons. The Bertz CT molecular complexity index is 840. The molecule has 0 aromatic heterocycles. The van der Waals surface area contributed by atoms with E-state index in [0.29, 0.717) is 51.0 Å². The van der Waals surface area contributed by atoms with E-state index < -0.39 is 0 Å². The molecule has 1 amide bonds. The van der Waals surface area contributed by atoms with Crippen molar-refractivity contribution in [2.24, 2.45) is 5.10 Å². The van der Waals surface area contributed by atoms with E-state index in [9.17, 15) is 4.79 Å². The quantitative estimate of drug-likeness (QED) is 0.289. The molecule has 0 bridgehead atoms. The standard InChI is InChI=1S/C19H18Cl4N2O2/c1-2-17(14-7-5-12(20)10-15(14)22)24-25-19(26)4-3-9-27-18-8-6-13(21)11-16(18)23/h5-8,10-11H,2-4,9H2,1H3,(H,25,26). The van der Waals surface area contributed by atoms with E-state index in [1.165, 1.54) is 0 Å². The average molecular weight is 448 g/mol. The van der Waals surface area contributed by atoms with Gasteiger partial charge in [-0.3, -0.25) is 4.79 Å². The molecule has 0 aliphatic carbocycles. The van der Waals surface area contributed by atoms with E-state index in [0.717, 1.165) is 5.56 Å². The first-order valence-corrected chi connectivity index (χ1v) is 9.80. The number of carbonyl (C=O) groups is 1. The zero-order valence-electron chi connectivity index (χ0n) is 14.6. The Labute approximate surface area is 178 Å². The number of ether oxygens (including phenoxy) is 1. The monoisotopic (exact) mass is 446 g/mol. The van der Waals surface area contributed by atoms with Gasteiger partial charge in [-0.15, -0.1) is 0 Å². The number of hydrogen-bond acceptors (Lipinski definition) is 3. The Hall–Kier alpha value is -1.46. The second kappa shape index (κ2) is 10.8. The van der Waals surface area contributed by atoms with Crippen molar-refractivity contribution >= 4 is 58.0 Å². The molecule has 0 aliphatic rings. The number of nitrogens with one attached hydrogen (secondary N) is 1. The van der Waals surface area contributed by atoms with Crippen LogP contribution >= 0.6 is 46.4 Å². The highest BCUT2D eigenvalue weighted by Gasteiger charge is 2.09. The topological polar surface area (TPSA) is 50.7 Å². The largest absolute Gasteiger partial charge is 0.492 e. The molecule has 0 spiro atoms. The fourth-order valence-corrected chi connectivity index (χ4v) is 3.23. The van der Waals surface area contributed by atoms with E-state index in [2.05, 4.69) is 10.5 Å². The fourth-order valence-electron chi connectivity index (χ4n) is 2.25. The molecular weight excluding hydrogens is 430 g/mol. The first-order chi connectivity index (χ1) is 12.9. The molecular formula is C19H18Cl4N2O2. The molecule has 0 saturated heterocycles. The molecule has 0 unspecified atom stereocenters. The van der Waals surface area contributed by atoms with Gasteiger partial charge in [-0.1, -0.05) is 59.4 Å². The predicted molar refractivity (Wildman–Crippen MR) is 113 cm³/mol. The molecule has 0 atom stereocenters. The van der Waals surface area contributed by atoms with E-state index in [4.69, 9.17) is 51.1 Å². The van der Waals surface area contributed by atoms with Gasteiger partial charge in [0.25, 0.3) is 0 Å². The third kappa shape index (κ3) is 6.89. The number of carbonyl (C=O) groups excluding carboxylic acids is 1. The van der Waals surface area contributed by atoms with Crippen LogP contribution in [0.15, 0.2) is 41.5 Å². The van der Waals surface area contributed by atoms with Crippen LogP contribution in [0.3, 0.4) is 0 Å². The summed E-state index contributed by atoms with van der Waals surface area (Å²) in [6.45, 7) is 2.28. The maximum atomic E-state index is 12.0. The zero-order valence-corrected chi connectivity index (χ0v) is 17.6. The highest BCUT2D eigenvalue weighted by Crippen LogP contribution is 2.27. The molecule has 0 radical (unpaired) electrons. The minimum Gasteiger partial charge on any atom is -0.492 e. The average Bonchev–Trinajstić information content (AvgIpc) is 2.62. The molecule has 8 heteroatoms. The van der Waals surface area contributed by atoms with Crippen LogP contribution in [-0.4, -0.2) is 18.2 Å². The molecule has 0 fully saturated rings. The third-order valence-corrected chi connectivity index (χ3v) is 4.67. The Balaban J connectivity index is 1.83. The summed E-state index contributed by atoms with van der Waals surface area (Å²) in [4.78, 5) is 12.0. The molecule has 0 aliphatic heterocycles. The second-order valence-electron chi connectivity index (χ2n) is 5.60. The summed E-state index contributed by atoms with van der Waals surface area (Å²) in [6.07, 6.45) is 1.39. The van der Waals surface area contributed by atoms with Crippen molar-refractivity contribution in [1.82, 2.24) is 5.43 Å². The van der Waals surface area contributed by atoms with E-state index >= 15 is 0 Å². The highest BCUT2D eigenvalue weighted by molar-refractivity contribution is 6.37. The fraction of sp³-hybridized carbons (Fsp3) is 0.263. The van der Waals surface area contributed by atoms with Crippen LogP contribution in [0.1, 0.15) is 31.7 Å². The Morgan fingerprint density at radius 2 is 1.70 bits per heavy atom. The Morgan fingerprint density at radius 1 is 1.04 bits per heavy atom. The van der Waals surface area contributed by atoms with Crippen molar-refractivity contribution in [1.29, 1.82) is 0 Å². The van der Waals surface area contributed by atoms with Crippen molar-refractivity contribution in [2.45, 2.75) is 26.2 Å². The van der Waals surface area contributed by atoms with Crippen molar-refractivity contribution in [3.63, 3.8) is 0 Å². The minimum atomic E-state index is -0.211. The molecule has 1 N–H and O–H groups in total. The number of amides is 1. The summed E-state index contributed by atoms with van der Waals surface area (Å²) >= 11 is 24.0. The highest BCUT2D eigenvalue weighted by atomic mass is 35.5. The van der Waals surface area contributed by atoms with Gasteiger partial charge < -0.3 is 4.74 Å². The second-order valence-corrected chi connectivity index (χ2v) is 7.29. The van der Waals surface area contributed by atoms with Gasteiger partial charge in [0.2, 0.25) is 5.91 Å². The van der Waals surface area contributed by atoms with Crippen molar-refractivity contribution in [3.8, 4) is 5.75 Å². The van der Waals surface area contributed by atoms with Gasteiger partial charge in [0.1, 0.15) is 5.75 Å². The van der Waals surface area contributed by atoms with E-state index in [-0.39, 0.29) is 12.3 Å². The first-order valence-electron chi connectivity index (χ1n) is 8.29. The molecule has 2 rings (SSSR count). The van der Waals surface area contributed by atoms with Crippen LogP contribution in [0.25, 0.3) is 0 Å². The summed E-state index contributed by atoms with van der Waals surface area (Å²) in [6, 6.07) is 10.1. The van der Waals surface area contributed by atoms with Crippen LogP contribution < -0.4 is 10.2 Å². The third-order valence-electron chi connectivity index (χ3n) is 3.59. The lowest BCUT2D eigenvalue weighted by atomic mass is 10.1. The molecule has 0 heterocycles. The SMILES string of the molecule is CCC(=NNC(=O)CCCOc1ccc(Cl)cc1Cl)c1ccc(Cl)cc1Cl. The molecule has 0 saturated carbocycles. The van der Waals surface area contributed by atoms with Crippen molar-refractivity contribution < 1.29 is 9.53 Å². The number of nitrogens with zero attached hydrogens (tertiary/aromatic N) is 1. The van der Waals surface area contributed by atoms with Gasteiger partial charge in [-0.2, -0.15) is 5.10 Å². The molecule has 27 heavy (non-hydrogen) atoms. The number of hydrazone groups is 1. The van der Waals surface area contributed by atoms with Crippen LogP contribution in [0, 0.1) is 0 Å². The van der Waals surface area contributed by atoms with Gasteiger partial charge in [0.15, 0.2) is 0 Å². The maximum Gasteiger partial charge on any atom is 0.240 e. The summed E-state index contributed by atoms with van der Waals surface area (Å²) in [5.41, 5.74) is 3.97. The van der Waals surface area contributed by atoms with E-state index in [1.54, 1.807) is 36.4 Å². The molecule has 4 nitrogen and oxygen atoms in total.